The molecule has 20 heavy (non-hydrogen) atoms. The van der Waals surface area contributed by atoms with Crippen molar-refractivity contribution in [1.29, 1.82) is 0 Å². The molecule has 0 saturated heterocycles. The third-order valence-electron chi connectivity index (χ3n) is 2.64. The molecular formula is C12H15BrO5S2. The highest BCUT2D eigenvalue weighted by Gasteiger charge is 2.16. The molecule has 0 saturated carbocycles. The lowest BCUT2D eigenvalue weighted by molar-refractivity contribution is 0.0693. The minimum atomic E-state index is -3.09. The maximum absolute atomic E-state index is 12.1. The summed E-state index contributed by atoms with van der Waals surface area (Å²) in [5.41, 5.74) is -0.0233. The van der Waals surface area contributed by atoms with Gasteiger partial charge in [0.2, 0.25) is 0 Å². The molecular weight excluding hydrogens is 368 g/mol. The molecule has 1 N–H and O–H groups in total. The van der Waals surface area contributed by atoms with Gasteiger partial charge >= 0.3 is 5.97 Å². The predicted octanol–water partition coefficient (Wildman–Crippen LogP) is 2.08. The Labute approximate surface area is 128 Å². The van der Waals surface area contributed by atoms with E-state index in [-0.39, 0.29) is 34.1 Å². The Morgan fingerprint density at radius 2 is 2.05 bits per heavy atom. The Bertz CT molecular complexity index is 625. The summed E-state index contributed by atoms with van der Waals surface area (Å²) in [7, 11) is -4.63. The van der Waals surface area contributed by atoms with Gasteiger partial charge in [0.1, 0.15) is 9.84 Å². The van der Waals surface area contributed by atoms with Gasteiger partial charge < -0.3 is 5.11 Å². The number of carbonyl (C=O) groups is 1. The summed E-state index contributed by atoms with van der Waals surface area (Å²) in [6.45, 7) is 1.56. The molecule has 5 nitrogen and oxygen atoms in total. The number of hydrogen-bond acceptors (Lipinski definition) is 4. The van der Waals surface area contributed by atoms with E-state index in [4.69, 9.17) is 5.11 Å². The molecule has 1 aromatic carbocycles. The first-order valence-electron chi connectivity index (χ1n) is 5.88. The van der Waals surface area contributed by atoms with E-state index < -0.39 is 26.6 Å². The van der Waals surface area contributed by atoms with E-state index in [1.807, 2.05) is 0 Å². The molecule has 0 aliphatic heterocycles. The van der Waals surface area contributed by atoms with Crippen LogP contribution in [0.4, 0.5) is 0 Å². The first kappa shape index (κ1) is 17.3. The second-order valence-corrected chi connectivity index (χ2v) is 9.01. The van der Waals surface area contributed by atoms with Crippen molar-refractivity contribution in [2.24, 2.45) is 0 Å². The highest BCUT2D eigenvalue weighted by Crippen LogP contribution is 2.20. The second-order valence-electron chi connectivity index (χ2n) is 4.09. The first-order valence-corrected chi connectivity index (χ1v) is 9.82. The van der Waals surface area contributed by atoms with Gasteiger partial charge in [0.05, 0.1) is 27.0 Å². The summed E-state index contributed by atoms with van der Waals surface area (Å²) in [6, 6.07) is 4.43. The second kappa shape index (κ2) is 7.33. The summed E-state index contributed by atoms with van der Waals surface area (Å²) in [4.78, 5) is 11.3. The fourth-order valence-corrected chi connectivity index (χ4v) is 4.38. The molecule has 8 heteroatoms. The molecule has 0 amide bonds. The summed E-state index contributed by atoms with van der Waals surface area (Å²) in [5, 5.41) is 9.05. The van der Waals surface area contributed by atoms with Crippen molar-refractivity contribution in [2.75, 3.05) is 17.3 Å². The smallest absolute Gasteiger partial charge is 0.336 e. The number of aromatic carboxylic acids is 1. The van der Waals surface area contributed by atoms with Crippen molar-refractivity contribution in [3.8, 4) is 0 Å². The van der Waals surface area contributed by atoms with Gasteiger partial charge in [-0.05, 0) is 24.6 Å². The molecule has 0 fully saturated rings. The maximum atomic E-state index is 12.1. The molecule has 1 rings (SSSR count). The fraction of sp³-hybridized carbons (Fsp3) is 0.417. The van der Waals surface area contributed by atoms with E-state index in [1.165, 1.54) is 12.1 Å². The minimum Gasteiger partial charge on any atom is -0.478 e. The van der Waals surface area contributed by atoms with Crippen molar-refractivity contribution in [3.05, 3.63) is 28.2 Å². The SMILES string of the molecule is CCS(=O)(=O)CCCS(=O)c1cc(Br)ccc1C(=O)O. The van der Waals surface area contributed by atoms with Crippen LogP contribution in [0, 0.1) is 0 Å². The van der Waals surface area contributed by atoms with Crippen molar-refractivity contribution in [3.63, 3.8) is 0 Å². The molecule has 0 radical (unpaired) electrons. The van der Waals surface area contributed by atoms with Gasteiger partial charge in [-0.15, -0.1) is 0 Å². The van der Waals surface area contributed by atoms with E-state index >= 15 is 0 Å². The van der Waals surface area contributed by atoms with Crippen LogP contribution in [0.25, 0.3) is 0 Å². The summed E-state index contributed by atoms with van der Waals surface area (Å²) >= 11 is 3.20. The molecule has 1 atom stereocenters. The molecule has 112 valence electrons. The zero-order chi connectivity index (χ0) is 15.3. The van der Waals surface area contributed by atoms with Gasteiger partial charge in [0, 0.05) is 16.0 Å². The zero-order valence-electron chi connectivity index (χ0n) is 10.8. The monoisotopic (exact) mass is 382 g/mol. The van der Waals surface area contributed by atoms with E-state index in [0.717, 1.165) is 0 Å². The third-order valence-corrected chi connectivity index (χ3v) is 6.42. The first-order chi connectivity index (χ1) is 9.26. The molecule has 1 unspecified atom stereocenters. The number of benzene rings is 1. The standard InChI is InChI=1S/C12H15BrO5S2/c1-2-20(17,18)7-3-6-19(16)11-8-9(13)4-5-10(11)12(14)15/h4-5,8H,2-3,6-7H2,1H3,(H,14,15). The summed E-state index contributed by atoms with van der Waals surface area (Å²) in [5.74, 6) is -1.01. The van der Waals surface area contributed by atoms with Gasteiger partial charge in [-0.3, -0.25) is 4.21 Å². The van der Waals surface area contributed by atoms with Crippen molar-refractivity contribution < 1.29 is 22.5 Å². The van der Waals surface area contributed by atoms with Crippen LogP contribution in [0.3, 0.4) is 0 Å². The number of rotatable bonds is 7. The van der Waals surface area contributed by atoms with Crippen LogP contribution in [0.1, 0.15) is 23.7 Å². The Hall–Kier alpha value is -0.730. The van der Waals surface area contributed by atoms with Gasteiger partial charge in [-0.2, -0.15) is 0 Å². The van der Waals surface area contributed by atoms with Crippen LogP contribution in [-0.4, -0.2) is 41.0 Å². The van der Waals surface area contributed by atoms with Crippen molar-refractivity contribution in [1.82, 2.24) is 0 Å². The van der Waals surface area contributed by atoms with Crippen molar-refractivity contribution in [2.45, 2.75) is 18.2 Å². The molecule has 0 spiro atoms. The van der Waals surface area contributed by atoms with Gasteiger partial charge in [0.25, 0.3) is 0 Å². The topological polar surface area (TPSA) is 88.5 Å². The molecule has 0 heterocycles. The highest BCUT2D eigenvalue weighted by molar-refractivity contribution is 9.10. The van der Waals surface area contributed by atoms with Crippen LogP contribution >= 0.6 is 15.9 Å². The average molecular weight is 383 g/mol. The largest absolute Gasteiger partial charge is 0.478 e. The molecule has 0 aliphatic rings. The zero-order valence-corrected chi connectivity index (χ0v) is 14.1. The van der Waals surface area contributed by atoms with Crippen LogP contribution in [0.15, 0.2) is 27.6 Å². The average Bonchev–Trinajstić information content (AvgIpc) is 2.37. The predicted molar refractivity (Wildman–Crippen MR) is 81.3 cm³/mol. The van der Waals surface area contributed by atoms with Crippen LogP contribution in [-0.2, 0) is 20.6 Å². The molecule has 0 aliphatic carbocycles. The van der Waals surface area contributed by atoms with E-state index in [2.05, 4.69) is 15.9 Å². The van der Waals surface area contributed by atoms with Gasteiger partial charge in [0.15, 0.2) is 0 Å². The maximum Gasteiger partial charge on any atom is 0.336 e. The lowest BCUT2D eigenvalue weighted by Gasteiger charge is -2.07. The van der Waals surface area contributed by atoms with Crippen LogP contribution in [0.5, 0.6) is 0 Å². The number of carboxylic acid groups (broad SMARTS) is 1. The Kier molecular flexibility index (Phi) is 6.35. The number of sulfone groups is 1. The number of carboxylic acids is 1. The highest BCUT2D eigenvalue weighted by atomic mass is 79.9. The molecule has 1 aromatic rings. The van der Waals surface area contributed by atoms with E-state index in [0.29, 0.717) is 4.47 Å². The van der Waals surface area contributed by atoms with E-state index in [1.54, 1.807) is 13.0 Å². The van der Waals surface area contributed by atoms with Crippen LogP contribution < -0.4 is 0 Å². The number of hydrogen-bond donors (Lipinski definition) is 1. The van der Waals surface area contributed by atoms with Crippen LogP contribution in [0.2, 0.25) is 0 Å². The number of halogens is 1. The third kappa shape index (κ3) is 4.99. The quantitative estimate of drug-likeness (QED) is 0.779. The van der Waals surface area contributed by atoms with E-state index in [9.17, 15) is 17.4 Å². The lowest BCUT2D eigenvalue weighted by atomic mass is 10.2. The normalized spacial score (nSPS) is 13.1. The summed E-state index contributed by atoms with van der Waals surface area (Å²) < 4.78 is 35.5. The van der Waals surface area contributed by atoms with Crippen molar-refractivity contribution >= 4 is 42.5 Å². The van der Waals surface area contributed by atoms with Gasteiger partial charge in [-0.25, -0.2) is 13.2 Å². The molecule has 0 aromatic heterocycles. The fourth-order valence-electron chi connectivity index (χ4n) is 1.53. The Morgan fingerprint density at radius 1 is 1.40 bits per heavy atom. The van der Waals surface area contributed by atoms with Gasteiger partial charge in [-0.1, -0.05) is 22.9 Å². The lowest BCUT2D eigenvalue weighted by Crippen LogP contribution is -2.13. The Morgan fingerprint density at radius 3 is 2.60 bits per heavy atom. The summed E-state index contributed by atoms with van der Waals surface area (Å²) in [6.07, 6.45) is 0.244. The molecule has 0 bridgehead atoms. The Balaban J connectivity index is 2.83. The minimum absolute atomic E-state index is 0.0233.